The molecule has 1 heterocycles. The van der Waals surface area contributed by atoms with E-state index in [9.17, 15) is 9.18 Å². The monoisotopic (exact) mass is 217 g/mol. The molecule has 0 amide bonds. The van der Waals surface area contributed by atoms with Crippen LogP contribution in [0.1, 0.15) is 28.9 Å². The minimum atomic E-state index is -0.252. The molecule has 1 aliphatic rings. The number of carbonyl (C=O) groups is 1. The molecule has 0 unspecified atom stereocenters. The predicted octanol–water partition coefficient (Wildman–Crippen LogP) is 2.84. The van der Waals surface area contributed by atoms with Crippen molar-refractivity contribution >= 4 is 16.7 Å². The molecule has 2 aromatic rings. The van der Waals surface area contributed by atoms with Crippen LogP contribution in [0.25, 0.3) is 10.9 Å². The fourth-order valence-corrected chi connectivity index (χ4v) is 2.61. The predicted molar refractivity (Wildman–Crippen MR) is 60.1 cm³/mol. The standard InChI is InChI=1S/C13H12FNO/c1-15-10-3-2-4-12(16)13(10)9-6-5-8(14)7-11(9)15/h5-7H,2-4H2,1H3. The highest BCUT2D eigenvalue weighted by Crippen LogP contribution is 2.31. The number of halogens is 1. The first-order valence-corrected chi connectivity index (χ1v) is 5.48. The molecule has 0 saturated heterocycles. The zero-order valence-electron chi connectivity index (χ0n) is 9.09. The summed E-state index contributed by atoms with van der Waals surface area (Å²) in [6.45, 7) is 0. The Balaban J connectivity index is 2.44. The van der Waals surface area contributed by atoms with E-state index in [0.717, 1.165) is 35.0 Å². The Hall–Kier alpha value is -1.64. The average molecular weight is 217 g/mol. The molecule has 2 nitrogen and oxygen atoms in total. The summed E-state index contributed by atoms with van der Waals surface area (Å²) in [6, 6.07) is 4.64. The third kappa shape index (κ3) is 1.14. The second kappa shape index (κ2) is 3.17. The number of ketones is 1. The van der Waals surface area contributed by atoms with Crippen LogP contribution in [0.4, 0.5) is 4.39 Å². The molecule has 0 spiro atoms. The summed E-state index contributed by atoms with van der Waals surface area (Å²) in [5.41, 5.74) is 2.68. The van der Waals surface area contributed by atoms with Crippen molar-refractivity contribution < 1.29 is 9.18 Å². The van der Waals surface area contributed by atoms with Gasteiger partial charge in [-0.2, -0.15) is 0 Å². The van der Waals surface area contributed by atoms with Gasteiger partial charge in [-0.25, -0.2) is 4.39 Å². The molecule has 1 aromatic carbocycles. The van der Waals surface area contributed by atoms with Crippen molar-refractivity contribution in [1.82, 2.24) is 4.57 Å². The summed E-state index contributed by atoms with van der Waals surface area (Å²) in [7, 11) is 1.90. The van der Waals surface area contributed by atoms with E-state index in [4.69, 9.17) is 0 Å². The Morgan fingerprint density at radius 1 is 1.31 bits per heavy atom. The summed E-state index contributed by atoms with van der Waals surface area (Å²) in [5.74, 6) is -0.0589. The van der Waals surface area contributed by atoms with E-state index in [2.05, 4.69) is 0 Å². The summed E-state index contributed by atoms with van der Waals surface area (Å²) in [5, 5.41) is 0.892. The van der Waals surface area contributed by atoms with E-state index in [1.807, 2.05) is 11.6 Å². The first-order chi connectivity index (χ1) is 7.68. The molecule has 82 valence electrons. The third-order valence-electron chi connectivity index (χ3n) is 3.38. The number of rotatable bonds is 0. The summed E-state index contributed by atoms with van der Waals surface area (Å²) < 4.78 is 15.1. The van der Waals surface area contributed by atoms with Crippen molar-refractivity contribution in [3.05, 3.63) is 35.3 Å². The number of benzene rings is 1. The quantitative estimate of drug-likeness (QED) is 0.665. The van der Waals surface area contributed by atoms with Crippen LogP contribution in [0.5, 0.6) is 0 Å². The first-order valence-electron chi connectivity index (χ1n) is 5.48. The summed E-state index contributed by atoms with van der Waals surface area (Å²) in [4.78, 5) is 11.9. The molecule has 0 N–H and O–H groups in total. The summed E-state index contributed by atoms with van der Waals surface area (Å²) in [6.07, 6.45) is 2.43. The van der Waals surface area contributed by atoms with E-state index in [0.29, 0.717) is 6.42 Å². The lowest BCUT2D eigenvalue weighted by Crippen LogP contribution is -2.11. The minimum Gasteiger partial charge on any atom is -0.347 e. The van der Waals surface area contributed by atoms with Crippen molar-refractivity contribution in [3.8, 4) is 0 Å². The number of aryl methyl sites for hydroxylation is 1. The highest BCUT2D eigenvalue weighted by Gasteiger charge is 2.24. The van der Waals surface area contributed by atoms with Crippen LogP contribution in [0.2, 0.25) is 0 Å². The molecule has 0 saturated carbocycles. The van der Waals surface area contributed by atoms with Crippen LogP contribution in [-0.4, -0.2) is 10.4 Å². The van der Waals surface area contributed by atoms with E-state index >= 15 is 0 Å². The average Bonchev–Trinajstić information content (AvgIpc) is 2.55. The van der Waals surface area contributed by atoms with Crippen LogP contribution >= 0.6 is 0 Å². The first kappa shape index (κ1) is 9.58. The van der Waals surface area contributed by atoms with Crippen LogP contribution in [0.15, 0.2) is 18.2 Å². The van der Waals surface area contributed by atoms with Gasteiger partial charge in [0.2, 0.25) is 0 Å². The van der Waals surface area contributed by atoms with E-state index in [1.54, 1.807) is 6.07 Å². The number of hydrogen-bond acceptors (Lipinski definition) is 1. The SMILES string of the molecule is Cn1c2c(c3ccc(F)cc31)C(=O)CCC2. The maximum atomic E-state index is 13.2. The smallest absolute Gasteiger partial charge is 0.165 e. The second-order valence-electron chi connectivity index (χ2n) is 4.32. The van der Waals surface area contributed by atoms with E-state index in [-0.39, 0.29) is 11.6 Å². The molecule has 1 aromatic heterocycles. The number of fused-ring (bicyclic) bond motifs is 3. The van der Waals surface area contributed by atoms with Gasteiger partial charge in [-0.15, -0.1) is 0 Å². The van der Waals surface area contributed by atoms with Gasteiger partial charge in [0.05, 0.1) is 5.52 Å². The highest BCUT2D eigenvalue weighted by molar-refractivity contribution is 6.10. The third-order valence-corrected chi connectivity index (χ3v) is 3.38. The minimum absolute atomic E-state index is 0.193. The molecular weight excluding hydrogens is 205 g/mol. The van der Waals surface area contributed by atoms with Crippen LogP contribution < -0.4 is 0 Å². The molecule has 0 fully saturated rings. The van der Waals surface area contributed by atoms with Crippen molar-refractivity contribution in [2.45, 2.75) is 19.3 Å². The van der Waals surface area contributed by atoms with Gasteiger partial charge < -0.3 is 4.57 Å². The summed E-state index contributed by atoms with van der Waals surface area (Å²) >= 11 is 0. The van der Waals surface area contributed by atoms with E-state index in [1.165, 1.54) is 12.1 Å². The second-order valence-corrected chi connectivity index (χ2v) is 4.32. The van der Waals surface area contributed by atoms with Crippen molar-refractivity contribution in [2.75, 3.05) is 0 Å². The van der Waals surface area contributed by atoms with Crippen LogP contribution in [-0.2, 0) is 13.5 Å². The Morgan fingerprint density at radius 2 is 2.12 bits per heavy atom. The highest BCUT2D eigenvalue weighted by atomic mass is 19.1. The zero-order valence-corrected chi connectivity index (χ0v) is 9.09. The van der Waals surface area contributed by atoms with Crippen LogP contribution in [0.3, 0.4) is 0 Å². The van der Waals surface area contributed by atoms with E-state index < -0.39 is 0 Å². The molecule has 0 aliphatic heterocycles. The number of aromatic nitrogens is 1. The molecule has 3 heteroatoms. The van der Waals surface area contributed by atoms with Gasteiger partial charge in [0.25, 0.3) is 0 Å². The number of hydrogen-bond donors (Lipinski definition) is 0. The lowest BCUT2D eigenvalue weighted by molar-refractivity contribution is 0.0973. The van der Waals surface area contributed by atoms with Gasteiger partial charge in [-0.3, -0.25) is 4.79 Å². The largest absolute Gasteiger partial charge is 0.347 e. The maximum Gasteiger partial charge on any atom is 0.165 e. The normalized spacial score (nSPS) is 15.5. The molecule has 0 radical (unpaired) electrons. The van der Waals surface area contributed by atoms with Crippen molar-refractivity contribution in [1.29, 1.82) is 0 Å². The molecule has 0 atom stereocenters. The number of Topliss-reactive ketones (excluding diaryl/α,β-unsaturated/α-hetero) is 1. The molecule has 16 heavy (non-hydrogen) atoms. The van der Waals surface area contributed by atoms with Crippen molar-refractivity contribution in [3.63, 3.8) is 0 Å². The van der Waals surface area contributed by atoms with Gasteiger partial charge in [-0.05, 0) is 31.0 Å². The zero-order chi connectivity index (χ0) is 11.3. The fourth-order valence-electron chi connectivity index (χ4n) is 2.61. The van der Waals surface area contributed by atoms with Gasteiger partial charge in [0.1, 0.15) is 5.82 Å². The molecule has 0 bridgehead atoms. The Kier molecular flexibility index (Phi) is 1.90. The Labute approximate surface area is 92.7 Å². The molecular formula is C13H12FNO. The topological polar surface area (TPSA) is 22.0 Å². The van der Waals surface area contributed by atoms with Crippen molar-refractivity contribution in [2.24, 2.45) is 7.05 Å². The van der Waals surface area contributed by atoms with Gasteiger partial charge in [0, 0.05) is 30.1 Å². The van der Waals surface area contributed by atoms with Crippen LogP contribution in [0, 0.1) is 5.82 Å². The molecule has 1 aliphatic carbocycles. The Bertz CT molecular complexity index is 597. The van der Waals surface area contributed by atoms with Gasteiger partial charge in [0.15, 0.2) is 5.78 Å². The fraction of sp³-hybridized carbons (Fsp3) is 0.308. The number of carbonyl (C=O) groups excluding carboxylic acids is 1. The lowest BCUT2D eigenvalue weighted by Gasteiger charge is -2.11. The number of nitrogens with zero attached hydrogens (tertiary/aromatic N) is 1. The molecule has 3 rings (SSSR count). The maximum absolute atomic E-state index is 13.2. The Morgan fingerprint density at radius 3 is 2.94 bits per heavy atom. The van der Waals surface area contributed by atoms with Gasteiger partial charge in [-0.1, -0.05) is 0 Å². The lowest BCUT2D eigenvalue weighted by atomic mass is 9.94. The van der Waals surface area contributed by atoms with Gasteiger partial charge >= 0.3 is 0 Å².